The van der Waals surface area contributed by atoms with Gasteiger partial charge in [-0.25, -0.2) is 27.5 Å². The number of nitrogens with zero attached hydrogens (tertiary/aromatic N) is 4. The molecule has 1 aromatic heterocycles. The smallest absolute Gasteiger partial charge is 0.241 e. The normalized spacial score (nSPS) is 16.9. The second-order valence-electron chi connectivity index (χ2n) is 10.4. The highest BCUT2D eigenvalue weighted by atomic mass is 32.2. The first-order chi connectivity index (χ1) is 18.2. The number of hydrogen-bond donors (Lipinski definition) is 2. The molecule has 0 bridgehead atoms. The monoisotopic (exact) mass is 538 g/mol. The third kappa shape index (κ3) is 5.98. The maximum Gasteiger partial charge on any atom is 0.241 e. The summed E-state index contributed by atoms with van der Waals surface area (Å²) < 4.78 is 43.7. The van der Waals surface area contributed by atoms with Crippen molar-refractivity contribution < 1.29 is 12.8 Å². The minimum absolute atomic E-state index is 0.0289. The van der Waals surface area contributed by atoms with Gasteiger partial charge in [0.05, 0.1) is 16.3 Å². The summed E-state index contributed by atoms with van der Waals surface area (Å²) in [6, 6.07) is 10.6. The molecule has 0 atom stereocenters. The predicted octanol–water partition coefficient (Wildman–Crippen LogP) is 4.15. The van der Waals surface area contributed by atoms with E-state index in [1.165, 1.54) is 6.07 Å². The number of aromatic nitrogens is 2. The molecule has 5 rings (SSSR count). The van der Waals surface area contributed by atoms with E-state index in [0.29, 0.717) is 34.2 Å². The molecular weight excluding hydrogens is 503 g/mol. The summed E-state index contributed by atoms with van der Waals surface area (Å²) in [5.74, 6) is 0.0831. The van der Waals surface area contributed by atoms with Gasteiger partial charge in [-0.2, -0.15) is 0 Å². The molecule has 2 N–H and O–H groups in total. The molecule has 2 aromatic carbocycles. The second kappa shape index (κ2) is 11.0. The Kier molecular flexibility index (Phi) is 7.65. The highest BCUT2D eigenvalue weighted by Crippen LogP contribution is 2.27. The Labute approximate surface area is 224 Å². The van der Waals surface area contributed by atoms with Crippen molar-refractivity contribution in [3.05, 3.63) is 70.8 Å². The zero-order chi connectivity index (χ0) is 26.9. The van der Waals surface area contributed by atoms with Crippen LogP contribution in [0.3, 0.4) is 0 Å². The molecule has 202 valence electrons. The van der Waals surface area contributed by atoms with Crippen LogP contribution >= 0.6 is 0 Å². The van der Waals surface area contributed by atoms with Crippen LogP contribution in [0.1, 0.15) is 41.6 Å². The lowest BCUT2D eigenvalue weighted by Gasteiger charge is -2.34. The van der Waals surface area contributed by atoms with E-state index in [-0.39, 0.29) is 11.9 Å². The first-order valence-electron chi connectivity index (χ1n) is 13.1. The summed E-state index contributed by atoms with van der Waals surface area (Å²) in [4.78, 5) is 13.7. The average Bonchev–Trinajstić information content (AvgIpc) is 2.85. The molecule has 0 unspecified atom stereocenters. The summed E-state index contributed by atoms with van der Waals surface area (Å²) in [5, 5.41) is 3.12. The molecule has 2 heterocycles. The van der Waals surface area contributed by atoms with E-state index in [1.807, 2.05) is 32.0 Å². The SMILES string of the molecule is Cc1ccc(Cc2nc(Nc3ccc(N4CCN(C)CC4)c(F)c3)ncc2C)cc1S(=O)(=O)NC1CCC1. The minimum atomic E-state index is -3.58. The van der Waals surface area contributed by atoms with E-state index in [2.05, 4.69) is 36.9 Å². The zero-order valence-electron chi connectivity index (χ0n) is 22.2. The molecule has 1 saturated heterocycles. The highest BCUT2D eigenvalue weighted by molar-refractivity contribution is 7.89. The van der Waals surface area contributed by atoms with Gasteiger partial charge in [0.25, 0.3) is 0 Å². The second-order valence-corrected chi connectivity index (χ2v) is 12.1. The van der Waals surface area contributed by atoms with Crippen LogP contribution < -0.4 is 14.9 Å². The molecule has 38 heavy (non-hydrogen) atoms. The molecule has 8 nitrogen and oxygen atoms in total. The van der Waals surface area contributed by atoms with Crippen LogP contribution in [-0.2, 0) is 16.4 Å². The van der Waals surface area contributed by atoms with Gasteiger partial charge in [0.1, 0.15) is 5.82 Å². The summed E-state index contributed by atoms with van der Waals surface area (Å²) in [7, 11) is -1.51. The van der Waals surface area contributed by atoms with Crippen LogP contribution in [0.15, 0.2) is 47.5 Å². The van der Waals surface area contributed by atoms with Gasteiger partial charge in [-0.3, -0.25) is 0 Å². The lowest BCUT2D eigenvalue weighted by molar-refractivity contribution is 0.311. The Morgan fingerprint density at radius 3 is 2.47 bits per heavy atom. The minimum Gasteiger partial charge on any atom is -0.367 e. The largest absolute Gasteiger partial charge is 0.367 e. The Balaban J connectivity index is 1.31. The Bertz CT molecular complexity index is 1420. The Hall–Kier alpha value is -3.08. The molecule has 2 fully saturated rings. The molecular formula is C28H35FN6O2S. The van der Waals surface area contributed by atoms with Crippen molar-refractivity contribution >= 4 is 27.3 Å². The maximum absolute atomic E-state index is 14.9. The van der Waals surface area contributed by atoms with Gasteiger partial charge >= 0.3 is 0 Å². The van der Waals surface area contributed by atoms with Crippen LogP contribution in [0.4, 0.5) is 21.7 Å². The van der Waals surface area contributed by atoms with E-state index in [0.717, 1.165) is 62.3 Å². The summed E-state index contributed by atoms with van der Waals surface area (Å²) in [6.07, 6.45) is 5.00. The molecule has 1 saturated carbocycles. The van der Waals surface area contributed by atoms with Crippen molar-refractivity contribution in [2.75, 3.05) is 43.4 Å². The lowest BCUT2D eigenvalue weighted by atomic mass is 9.94. The molecule has 1 aliphatic heterocycles. The zero-order valence-corrected chi connectivity index (χ0v) is 23.0. The van der Waals surface area contributed by atoms with Gasteiger partial charge in [-0.15, -0.1) is 0 Å². The summed E-state index contributed by atoms with van der Waals surface area (Å²) >= 11 is 0. The fraction of sp³-hybridized carbons (Fsp3) is 0.429. The number of hydrogen-bond acceptors (Lipinski definition) is 7. The molecule has 3 aromatic rings. The molecule has 10 heteroatoms. The van der Waals surface area contributed by atoms with Crippen molar-refractivity contribution in [2.45, 2.75) is 50.5 Å². The van der Waals surface area contributed by atoms with Crippen LogP contribution in [0.25, 0.3) is 0 Å². The van der Waals surface area contributed by atoms with Crippen LogP contribution in [-0.4, -0.2) is 62.6 Å². The average molecular weight is 539 g/mol. The predicted molar refractivity (Wildman–Crippen MR) is 148 cm³/mol. The first kappa shape index (κ1) is 26.5. The number of rotatable bonds is 8. The van der Waals surface area contributed by atoms with Gasteiger partial charge < -0.3 is 15.1 Å². The van der Waals surface area contributed by atoms with Gasteiger partial charge in [-0.1, -0.05) is 18.6 Å². The topological polar surface area (TPSA) is 90.5 Å². The van der Waals surface area contributed by atoms with Crippen molar-refractivity contribution in [2.24, 2.45) is 0 Å². The number of piperazine rings is 1. The third-order valence-electron chi connectivity index (χ3n) is 7.46. The van der Waals surface area contributed by atoms with Crippen molar-refractivity contribution in [3.8, 4) is 0 Å². The molecule has 0 spiro atoms. The van der Waals surface area contributed by atoms with Crippen LogP contribution in [0.2, 0.25) is 0 Å². The first-order valence-corrected chi connectivity index (χ1v) is 14.6. The number of aryl methyl sites for hydroxylation is 2. The van der Waals surface area contributed by atoms with E-state index < -0.39 is 10.0 Å². The van der Waals surface area contributed by atoms with Crippen LogP contribution in [0.5, 0.6) is 0 Å². The van der Waals surface area contributed by atoms with E-state index in [4.69, 9.17) is 0 Å². The van der Waals surface area contributed by atoms with Gasteiger partial charge in [0.2, 0.25) is 16.0 Å². The quantitative estimate of drug-likeness (QED) is 0.445. The number of anilines is 3. The lowest BCUT2D eigenvalue weighted by Crippen LogP contribution is -2.44. The van der Waals surface area contributed by atoms with E-state index >= 15 is 0 Å². The molecule has 0 amide bonds. The molecule has 0 radical (unpaired) electrons. The third-order valence-corrected chi connectivity index (χ3v) is 9.13. The van der Waals surface area contributed by atoms with Crippen molar-refractivity contribution in [1.82, 2.24) is 19.6 Å². The fourth-order valence-corrected chi connectivity index (χ4v) is 6.38. The molecule has 2 aliphatic rings. The van der Waals surface area contributed by atoms with Gasteiger partial charge in [-0.05, 0) is 74.7 Å². The van der Waals surface area contributed by atoms with Crippen molar-refractivity contribution in [1.29, 1.82) is 0 Å². The van der Waals surface area contributed by atoms with Crippen molar-refractivity contribution in [3.63, 3.8) is 0 Å². The highest BCUT2D eigenvalue weighted by Gasteiger charge is 2.26. The molecule has 1 aliphatic carbocycles. The summed E-state index contributed by atoms with van der Waals surface area (Å²) in [6.45, 7) is 7.14. The Morgan fingerprint density at radius 1 is 1.03 bits per heavy atom. The number of sulfonamides is 1. The fourth-order valence-electron chi connectivity index (χ4n) is 4.78. The summed E-state index contributed by atoms with van der Waals surface area (Å²) in [5.41, 5.74) is 4.40. The number of likely N-dealkylation sites (N-methyl/N-ethyl adjacent to an activating group) is 1. The van der Waals surface area contributed by atoms with Gasteiger partial charge in [0.15, 0.2) is 0 Å². The van der Waals surface area contributed by atoms with Gasteiger partial charge in [0, 0.05) is 50.5 Å². The Morgan fingerprint density at radius 2 is 1.79 bits per heavy atom. The van der Waals surface area contributed by atoms with E-state index in [9.17, 15) is 12.8 Å². The number of benzene rings is 2. The van der Waals surface area contributed by atoms with E-state index in [1.54, 1.807) is 18.3 Å². The van der Waals surface area contributed by atoms with Crippen LogP contribution in [0, 0.1) is 19.7 Å². The number of nitrogens with one attached hydrogen (secondary N) is 2. The number of halogens is 1. The standard InChI is InChI=1S/C28H35FN6O2S/c1-19-7-8-21(16-27(19)38(36,37)33-22-5-4-6-22)15-25-20(2)18-30-28(32-25)31-23-9-10-26(24(29)17-23)35-13-11-34(3)12-14-35/h7-10,16-18,22,33H,4-6,11-15H2,1-3H3,(H,30,31,32). The maximum atomic E-state index is 14.9.